The maximum atomic E-state index is 12.5. The first-order valence-electron chi connectivity index (χ1n) is 11.6. The summed E-state index contributed by atoms with van der Waals surface area (Å²) in [6.45, 7) is 1.39. The van der Waals surface area contributed by atoms with Crippen molar-refractivity contribution >= 4 is 38.6 Å². The van der Waals surface area contributed by atoms with Crippen LogP contribution in [0.3, 0.4) is 0 Å². The molecule has 2 amide bonds. The number of nitrogen functional groups attached to an aromatic ring is 1. The molecule has 1 aliphatic heterocycles. The van der Waals surface area contributed by atoms with Crippen molar-refractivity contribution in [2.45, 2.75) is 23.8 Å². The van der Waals surface area contributed by atoms with E-state index in [1.807, 2.05) is 36.4 Å². The number of carbonyl (C=O) groups excluding carboxylic acids is 1. The molecule has 3 heterocycles. The number of hydrogen-bond acceptors (Lipinski definition) is 7. The molecular formula is C25H27N7O3S. The maximum absolute atomic E-state index is 12.5. The summed E-state index contributed by atoms with van der Waals surface area (Å²) in [6, 6.07) is 17.7. The van der Waals surface area contributed by atoms with Gasteiger partial charge >= 0.3 is 6.03 Å². The minimum Gasteiger partial charge on any atom is -0.382 e. The van der Waals surface area contributed by atoms with Gasteiger partial charge in [0.2, 0.25) is 0 Å². The largest absolute Gasteiger partial charge is 0.382 e. The summed E-state index contributed by atoms with van der Waals surface area (Å²) in [4.78, 5) is 19.2. The van der Waals surface area contributed by atoms with Gasteiger partial charge in [0, 0.05) is 36.6 Å². The summed E-state index contributed by atoms with van der Waals surface area (Å²) in [5.41, 5.74) is 10.1. The number of piperidine rings is 1. The summed E-state index contributed by atoms with van der Waals surface area (Å²) in [5.74, 6) is 0.343. The molecule has 0 bridgehead atoms. The fourth-order valence-electron chi connectivity index (χ4n) is 4.56. The van der Waals surface area contributed by atoms with Gasteiger partial charge in [0.1, 0.15) is 11.8 Å². The number of fused-ring (bicyclic) bond motifs is 1. The van der Waals surface area contributed by atoms with Crippen LogP contribution < -0.4 is 21.3 Å². The topological polar surface area (TPSA) is 135 Å². The Hall–Kier alpha value is -4.12. The third-order valence-electron chi connectivity index (χ3n) is 6.27. The highest BCUT2D eigenvalue weighted by Crippen LogP contribution is 2.35. The van der Waals surface area contributed by atoms with E-state index >= 15 is 0 Å². The summed E-state index contributed by atoms with van der Waals surface area (Å²) in [5, 5.41) is 10.4. The Kier molecular flexibility index (Phi) is 6.23. The fraction of sp³-hybridized carbons (Fsp3) is 0.240. The minimum atomic E-state index is -3.30. The van der Waals surface area contributed by atoms with Crippen molar-refractivity contribution in [3.8, 4) is 11.3 Å². The van der Waals surface area contributed by atoms with Crippen LogP contribution in [0.25, 0.3) is 16.8 Å². The van der Waals surface area contributed by atoms with Gasteiger partial charge in [-0.2, -0.15) is 5.10 Å². The SMILES string of the molecule is CS(=O)(=O)c1ccc(-c2cc(N3CCCC(NC(=O)Nc4ccccc4)C3)c3c(N)ncnn23)cc1. The highest BCUT2D eigenvalue weighted by molar-refractivity contribution is 7.90. The van der Waals surface area contributed by atoms with Crippen molar-refractivity contribution in [1.29, 1.82) is 0 Å². The number of rotatable bonds is 5. The number of amides is 2. The van der Waals surface area contributed by atoms with Crippen molar-refractivity contribution < 1.29 is 13.2 Å². The first-order chi connectivity index (χ1) is 17.3. The van der Waals surface area contributed by atoms with Crippen LogP contribution in [-0.2, 0) is 9.84 Å². The van der Waals surface area contributed by atoms with Gasteiger partial charge in [0.05, 0.1) is 16.3 Å². The molecule has 0 spiro atoms. The van der Waals surface area contributed by atoms with Crippen molar-refractivity contribution in [2.24, 2.45) is 0 Å². The summed E-state index contributed by atoms with van der Waals surface area (Å²) >= 11 is 0. The van der Waals surface area contributed by atoms with Gasteiger partial charge < -0.3 is 21.3 Å². The van der Waals surface area contributed by atoms with Gasteiger partial charge in [-0.05, 0) is 43.2 Å². The van der Waals surface area contributed by atoms with E-state index in [0.29, 0.717) is 17.9 Å². The predicted molar refractivity (Wildman–Crippen MR) is 140 cm³/mol. The zero-order chi connectivity index (χ0) is 25.3. The summed E-state index contributed by atoms with van der Waals surface area (Å²) in [7, 11) is -3.30. The Balaban J connectivity index is 1.42. The van der Waals surface area contributed by atoms with Crippen LogP contribution in [-0.4, -0.2) is 54.4 Å². The van der Waals surface area contributed by atoms with Crippen LogP contribution in [0.2, 0.25) is 0 Å². The lowest BCUT2D eigenvalue weighted by atomic mass is 10.0. The molecule has 4 aromatic rings. The van der Waals surface area contributed by atoms with Crippen LogP contribution in [0.4, 0.5) is 22.0 Å². The Morgan fingerprint density at radius 3 is 2.58 bits per heavy atom. The molecule has 186 valence electrons. The number of hydrogen-bond donors (Lipinski definition) is 3. The molecule has 1 aliphatic rings. The number of anilines is 3. The molecule has 1 fully saturated rings. The fourth-order valence-corrected chi connectivity index (χ4v) is 5.19. The predicted octanol–water partition coefficient (Wildman–Crippen LogP) is 3.17. The highest BCUT2D eigenvalue weighted by Gasteiger charge is 2.26. The summed E-state index contributed by atoms with van der Waals surface area (Å²) in [6.07, 6.45) is 4.33. The van der Waals surface area contributed by atoms with Gasteiger partial charge in [-0.25, -0.2) is 22.7 Å². The Labute approximate surface area is 209 Å². The van der Waals surface area contributed by atoms with E-state index < -0.39 is 9.84 Å². The van der Waals surface area contributed by atoms with E-state index in [2.05, 4.69) is 25.6 Å². The van der Waals surface area contributed by atoms with Gasteiger partial charge in [0.15, 0.2) is 15.7 Å². The average Bonchev–Trinajstić information content (AvgIpc) is 3.25. The molecular weight excluding hydrogens is 478 g/mol. The lowest BCUT2D eigenvalue weighted by molar-refractivity contribution is 0.246. The second-order valence-corrected chi connectivity index (χ2v) is 10.9. The van der Waals surface area contributed by atoms with E-state index in [4.69, 9.17) is 5.73 Å². The van der Waals surface area contributed by atoms with Crippen LogP contribution in [0.1, 0.15) is 12.8 Å². The lowest BCUT2D eigenvalue weighted by Gasteiger charge is -2.34. The standard InChI is InChI=1S/C25H27N7O3S/c1-36(34,35)20-11-9-17(10-12-20)21-14-22(23-24(26)27-16-28-32(21)23)31-13-5-8-19(15-31)30-25(33)29-18-6-3-2-4-7-18/h2-4,6-7,9-12,14,16,19H,5,8,13,15H2,1H3,(H2,26,27,28)(H2,29,30,33). The maximum Gasteiger partial charge on any atom is 0.319 e. The number of benzene rings is 2. The quantitative estimate of drug-likeness (QED) is 0.379. The molecule has 0 aliphatic carbocycles. The number of sulfone groups is 1. The normalized spacial score (nSPS) is 16.1. The number of aromatic nitrogens is 3. The van der Waals surface area contributed by atoms with Crippen molar-refractivity contribution in [1.82, 2.24) is 19.9 Å². The van der Waals surface area contributed by atoms with Crippen LogP contribution in [0.5, 0.6) is 0 Å². The van der Waals surface area contributed by atoms with Crippen molar-refractivity contribution in [3.05, 3.63) is 67.0 Å². The molecule has 10 nitrogen and oxygen atoms in total. The number of nitrogens with one attached hydrogen (secondary N) is 2. The number of urea groups is 1. The van der Waals surface area contributed by atoms with Crippen LogP contribution >= 0.6 is 0 Å². The molecule has 5 rings (SSSR count). The minimum absolute atomic E-state index is 0.0549. The Morgan fingerprint density at radius 1 is 1.11 bits per heavy atom. The first kappa shape index (κ1) is 23.6. The second kappa shape index (κ2) is 9.50. The van der Waals surface area contributed by atoms with Gasteiger partial charge in [-0.1, -0.05) is 30.3 Å². The van der Waals surface area contributed by atoms with E-state index in [9.17, 15) is 13.2 Å². The first-order valence-corrected chi connectivity index (χ1v) is 13.5. The van der Waals surface area contributed by atoms with Crippen LogP contribution in [0, 0.1) is 0 Å². The third-order valence-corrected chi connectivity index (χ3v) is 7.40. The molecule has 0 radical (unpaired) electrons. The molecule has 36 heavy (non-hydrogen) atoms. The zero-order valence-corrected chi connectivity index (χ0v) is 20.6. The van der Waals surface area contributed by atoms with Gasteiger partial charge in [-0.3, -0.25) is 0 Å². The molecule has 1 atom stereocenters. The molecule has 1 saturated heterocycles. The smallest absolute Gasteiger partial charge is 0.319 e. The molecule has 1 unspecified atom stereocenters. The molecule has 4 N–H and O–H groups in total. The summed E-state index contributed by atoms with van der Waals surface area (Å²) < 4.78 is 25.5. The molecule has 2 aromatic carbocycles. The number of carbonyl (C=O) groups is 1. The Bertz CT molecular complexity index is 1500. The molecule has 11 heteroatoms. The van der Waals surface area contributed by atoms with E-state index in [1.54, 1.807) is 28.8 Å². The second-order valence-electron chi connectivity index (χ2n) is 8.87. The Morgan fingerprint density at radius 2 is 1.86 bits per heavy atom. The monoisotopic (exact) mass is 505 g/mol. The average molecular weight is 506 g/mol. The highest BCUT2D eigenvalue weighted by atomic mass is 32.2. The van der Waals surface area contributed by atoms with E-state index in [1.165, 1.54) is 12.6 Å². The lowest BCUT2D eigenvalue weighted by Crippen LogP contribution is -2.49. The van der Waals surface area contributed by atoms with Gasteiger partial charge in [0.25, 0.3) is 0 Å². The number of nitrogens with zero attached hydrogens (tertiary/aromatic N) is 4. The van der Waals surface area contributed by atoms with Crippen molar-refractivity contribution in [3.63, 3.8) is 0 Å². The van der Waals surface area contributed by atoms with Crippen LogP contribution in [0.15, 0.2) is 71.9 Å². The number of nitrogens with two attached hydrogens (primary N) is 1. The van der Waals surface area contributed by atoms with Gasteiger partial charge in [-0.15, -0.1) is 0 Å². The van der Waals surface area contributed by atoms with E-state index in [-0.39, 0.29) is 17.0 Å². The van der Waals surface area contributed by atoms with E-state index in [0.717, 1.165) is 42.0 Å². The van der Waals surface area contributed by atoms with Crippen molar-refractivity contribution in [2.75, 3.05) is 35.3 Å². The molecule has 2 aromatic heterocycles. The molecule has 0 saturated carbocycles. The third kappa shape index (κ3) is 4.82. The zero-order valence-electron chi connectivity index (χ0n) is 19.8. The number of para-hydroxylation sites is 1.